The minimum Gasteiger partial charge on any atom is -0.350 e. The van der Waals surface area contributed by atoms with Crippen molar-refractivity contribution in [1.29, 1.82) is 0 Å². The van der Waals surface area contributed by atoms with Crippen molar-refractivity contribution < 1.29 is 0 Å². The Bertz CT molecular complexity index is 418. The van der Waals surface area contributed by atoms with Gasteiger partial charge in [-0.15, -0.1) is 17.9 Å². The summed E-state index contributed by atoms with van der Waals surface area (Å²) in [4.78, 5) is 8.40. The maximum atomic E-state index is 4.21. The van der Waals surface area contributed by atoms with E-state index < -0.39 is 0 Å². The van der Waals surface area contributed by atoms with E-state index in [1.165, 1.54) is 0 Å². The third kappa shape index (κ3) is 2.44. The lowest BCUT2D eigenvalue weighted by molar-refractivity contribution is 0.818. The standard InChI is InChI=1S/C10H12N4S/c1-2-4-14-5-3-11-10(14)12-6-9-7-15-8-13-9/h2-3,5,7-8H,1,4,6H2,(H,11,12). The first-order valence-corrected chi connectivity index (χ1v) is 5.57. The fourth-order valence-electron chi connectivity index (χ4n) is 1.26. The van der Waals surface area contributed by atoms with Crippen LogP contribution >= 0.6 is 11.3 Å². The van der Waals surface area contributed by atoms with E-state index >= 15 is 0 Å². The molecule has 2 rings (SSSR count). The molecule has 15 heavy (non-hydrogen) atoms. The minimum absolute atomic E-state index is 0.706. The van der Waals surface area contributed by atoms with Crippen molar-refractivity contribution in [3.8, 4) is 0 Å². The summed E-state index contributed by atoms with van der Waals surface area (Å²) in [5.74, 6) is 0.850. The molecule has 78 valence electrons. The molecule has 0 saturated carbocycles. The van der Waals surface area contributed by atoms with Gasteiger partial charge in [-0.05, 0) is 0 Å². The number of hydrogen-bond acceptors (Lipinski definition) is 4. The number of hydrogen-bond donors (Lipinski definition) is 1. The Morgan fingerprint density at radius 2 is 2.47 bits per heavy atom. The number of nitrogens with one attached hydrogen (secondary N) is 1. The van der Waals surface area contributed by atoms with E-state index in [1.807, 2.05) is 27.7 Å². The fraction of sp³-hybridized carbons (Fsp3) is 0.200. The molecule has 0 amide bonds. The number of imidazole rings is 1. The number of rotatable bonds is 5. The van der Waals surface area contributed by atoms with Gasteiger partial charge in [-0.3, -0.25) is 0 Å². The second kappa shape index (κ2) is 4.75. The number of allylic oxidation sites excluding steroid dienone is 1. The maximum Gasteiger partial charge on any atom is 0.203 e. The zero-order valence-corrected chi connectivity index (χ0v) is 9.07. The topological polar surface area (TPSA) is 42.7 Å². The van der Waals surface area contributed by atoms with Crippen LogP contribution in [0.4, 0.5) is 5.95 Å². The first-order chi connectivity index (χ1) is 7.40. The van der Waals surface area contributed by atoms with E-state index in [4.69, 9.17) is 0 Å². The second-order valence-electron chi connectivity index (χ2n) is 3.03. The normalized spacial score (nSPS) is 10.1. The number of nitrogens with zero attached hydrogens (tertiary/aromatic N) is 3. The summed E-state index contributed by atoms with van der Waals surface area (Å²) in [6.07, 6.45) is 5.54. The molecule has 0 unspecified atom stereocenters. The van der Waals surface area contributed by atoms with Gasteiger partial charge in [0.25, 0.3) is 0 Å². The summed E-state index contributed by atoms with van der Waals surface area (Å²) >= 11 is 1.60. The monoisotopic (exact) mass is 220 g/mol. The van der Waals surface area contributed by atoms with Gasteiger partial charge in [-0.2, -0.15) is 0 Å². The first-order valence-electron chi connectivity index (χ1n) is 4.63. The molecule has 0 atom stereocenters. The van der Waals surface area contributed by atoms with Crippen LogP contribution < -0.4 is 5.32 Å². The highest BCUT2D eigenvalue weighted by Crippen LogP contribution is 2.07. The van der Waals surface area contributed by atoms with Crippen LogP contribution in [0.1, 0.15) is 5.69 Å². The molecule has 0 saturated heterocycles. The number of thiazole rings is 1. The molecular weight excluding hydrogens is 208 g/mol. The molecule has 2 aromatic rings. The van der Waals surface area contributed by atoms with Crippen molar-refractivity contribution >= 4 is 17.3 Å². The van der Waals surface area contributed by atoms with E-state index in [0.717, 1.165) is 18.2 Å². The van der Waals surface area contributed by atoms with Crippen molar-refractivity contribution in [3.63, 3.8) is 0 Å². The minimum atomic E-state index is 0.706. The van der Waals surface area contributed by atoms with E-state index in [1.54, 1.807) is 17.5 Å². The quantitative estimate of drug-likeness (QED) is 0.785. The predicted molar refractivity (Wildman–Crippen MR) is 61.9 cm³/mol. The Kier molecular flexibility index (Phi) is 3.14. The van der Waals surface area contributed by atoms with E-state index in [2.05, 4.69) is 21.9 Å². The molecule has 0 aromatic carbocycles. The van der Waals surface area contributed by atoms with Crippen LogP contribution in [-0.4, -0.2) is 14.5 Å². The van der Waals surface area contributed by atoms with Crippen LogP contribution in [0.25, 0.3) is 0 Å². The highest BCUT2D eigenvalue weighted by molar-refractivity contribution is 7.07. The third-order valence-corrected chi connectivity index (χ3v) is 2.59. The molecule has 5 heteroatoms. The Hall–Kier alpha value is -1.62. The molecule has 2 aromatic heterocycles. The Labute approximate surface area is 92.3 Å². The van der Waals surface area contributed by atoms with Gasteiger partial charge in [0.1, 0.15) is 0 Å². The smallest absolute Gasteiger partial charge is 0.203 e. The van der Waals surface area contributed by atoms with Crippen molar-refractivity contribution in [3.05, 3.63) is 41.6 Å². The molecular formula is C10H12N4S. The van der Waals surface area contributed by atoms with Gasteiger partial charge in [-0.1, -0.05) is 6.08 Å². The van der Waals surface area contributed by atoms with Gasteiger partial charge in [0.2, 0.25) is 5.95 Å². The SMILES string of the molecule is C=CCn1ccnc1NCc1cscn1. The summed E-state index contributed by atoms with van der Waals surface area (Å²) in [6.45, 7) is 5.17. The second-order valence-corrected chi connectivity index (χ2v) is 3.74. The van der Waals surface area contributed by atoms with Gasteiger partial charge in [0.05, 0.1) is 17.7 Å². The zero-order chi connectivity index (χ0) is 10.5. The summed E-state index contributed by atoms with van der Waals surface area (Å²) in [6, 6.07) is 0. The lowest BCUT2D eigenvalue weighted by Crippen LogP contribution is -2.06. The van der Waals surface area contributed by atoms with Crippen LogP contribution in [0.5, 0.6) is 0 Å². The van der Waals surface area contributed by atoms with Crippen LogP contribution in [0.3, 0.4) is 0 Å². The van der Waals surface area contributed by atoms with Gasteiger partial charge in [0, 0.05) is 24.3 Å². The Morgan fingerprint density at radius 3 is 3.20 bits per heavy atom. The van der Waals surface area contributed by atoms with E-state index in [0.29, 0.717) is 6.54 Å². The van der Waals surface area contributed by atoms with Crippen LogP contribution in [0.15, 0.2) is 35.9 Å². The number of aromatic nitrogens is 3. The van der Waals surface area contributed by atoms with Crippen molar-refractivity contribution in [2.75, 3.05) is 5.32 Å². The summed E-state index contributed by atoms with van der Waals surface area (Å²) in [5.41, 5.74) is 2.86. The molecule has 0 aliphatic rings. The van der Waals surface area contributed by atoms with E-state index in [-0.39, 0.29) is 0 Å². The van der Waals surface area contributed by atoms with Gasteiger partial charge in [0.15, 0.2) is 0 Å². The summed E-state index contributed by atoms with van der Waals surface area (Å²) in [7, 11) is 0. The van der Waals surface area contributed by atoms with Gasteiger partial charge < -0.3 is 9.88 Å². The molecule has 4 nitrogen and oxygen atoms in total. The van der Waals surface area contributed by atoms with Crippen LogP contribution in [-0.2, 0) is 13.1 Å². The van der Waals surface area contributed by atoms with Crippen molar-refractivity contribution in [2.45, 2.75) is 13.1 Å². The van der Waals surface area contributed by atoms with E-state index in [9.17, 15) is 0 Å². The largest absolute Gasteiger partial charge is 0.350 e. The molecule has 0 spiro atoms. The molecule has 0 aliphatic heterocycles. The van der Waals surface area contributed by atoms with Crippen LogP contribution in [0, 0.1) is 0 Å². The van der Waals surface area contributed by atoms with Crippen LogP contribution in [0.2, 0.25) is 0 Å². The lowest BCUT2D eigenvalue weighted by Gasteiger charge is -2.06. The Balaban J connectivity index is 1.98. The lowest BCUT2D eigenvalue weighted by atomic mass is 10.5. The predicted octanol–water partition coefficient (Wildman–Crippen LogP) is 2.14. The average Bonchev–Trinajstić information content (AvgIpc) is 2.85. The molecule has 0 bridgehead atoms. The molecule has 2 heterocycles. The summed E-state index contributed by atoms with van der Waals surface area (Å²) in [5, 5.41) is 5.25. The zero-order valence-electron chi connectivity index (χ0n) is 8.26. The highest BCUT2D eigenvalue weighted by Gasteiger charge is 2.01. The highest BCUT2D eigenvalue weighted by atomic mass is 32.1. The van der Waals surface area contributed by atoms with Crippen molar-refractivity contribution in [1.82, 2.24) is 14.5 Å². The first kappa shape index (κ1) is 9.92. The average molecular weight is 220 g/mol. The van der Waals surface area contributed by atoms with Crippen molar-refractivity contribution in [2.24, 2.45) is 0 Å². The fourth-order valence-corrected chi connectivity index (χ4v) is 1.82. The van der Waals surface area contributed by atoms with Gasteiger partial charge in [-0.25, -0.2) is 9.97 Å². The molecule has 1 N–H and O–H groups in total. The third-order valence-electron chi connectivity index (χ3n) is 1.95. The maximum absolute atomic E-state index is 4.21. The molecule has 0 aliphatic carbocycles. The molecule has 0 radical (unpaired) electrons. The van der Waals surface area contributed by atoms with Gasteiger partial charge >= 0.3 is 0 Å². The summed E-state index contributed by atoms with van der Waals surface area (Å²) < 4.78 is 2.00. The number of anilines is 1. The molecule has 0 fully saturated rings. The Morgan fingerprint density at radius 1 is 1.53 bits per heavy atom.